The van der Waals surface area contributed by atoms with Crippen molar-refractivity contribution in [1.82, 2.24) is 0 Å². The molecule has 0 aliphatic rings. The third-order valence-corrected chi connectivity index (χ3v) is 5.97. The first kappa shape index (κ1) is 17.0. The van der Waals surface area contributed by atoms with Crippen LogP contribution in [-0.2, 0) is 13.6 Å². The van der Waals surface area contributed by atoms with Gasteiger partial charge in [-0.15, -0.1) is 34.8 Å². The Hall–Kier alpha value is 1.02. The van der Waals surface area contributed by atoms with E-state index in [1.165, 1.54) is 0 Å². The van der Waals surface area contributed by atoms with Crippen molar-refractivity contribution in [3.05, 3.63) is 0 Å². The third-order valence-electron chi connectivity index (χ3n) is 1.85. The number of hydrogen-bond acceptors (Lipinski definition) is 3. The molecule has 7 heteroatoms. The molecule has 0 aromatic rings. The molecular weight excluding hydrogens is 293 g/mol. The summed E-state index contributed by atoms with van der Waals surface area (Å²) in [4.78, 5) is 0. The Morgan fingerprint density at radius 2 is 1.31 bits per heavy atom. The molecule has 16 heavy (non-hydrogen) atoms. The van der Waals surface area contributed by atoms with Crippen LogP contribution >= 0.6 is 42.4 Å². The van der Waals surface area contributed by atoms with Crippen molar-refractivity contribution in [2.45, 2.75) is 38.6 Å². The van der Waals surface area contributed by atoms with Gasteiger partial charge >= 0.3 is 7.60 Å². The Labute approximate surface area is 112 Å². The summed E-state index contributed by atoms with van der Waals surface area (Å²) in [5.74, 6) is 0.691. The fourth-order valence-corrected chi connectivity index (χ4v) is 3.47. The van der Waals surface area contributed by atoms with Gasteiger partial charge in [0.25, 0.3) is 0 Å². The smallest absolute Gasteiger partial charge is 0.304 e. The fraction of sp³-hybridized carbons (Fsp3) is 1.00. The van der Waals surface area contributed by atoms with E-state index in [1.54, 1.807) is 20.8 Å². The maximum Gasteiger partial charge on any atom is 0.335 e. The molecule has 0 radical (unpaired) electrons. The van der Waals surface area contributed by atoms with E-state index in [-0.39, 0.29) is 35.5 Å². The molecule has 0 aromatic carbocycles. The van der Waals surface area contributed by atoms with Crippen LogP contribution in [0.15, 0.2) is 0 Å². The van der Waals surface area contributed by atoms with Crippen LogP contribution in [0.5, 0.6) is 0 Å². The standard InChI is InChI=1S/C9H18Cl3O3P/c1-7(4-10)14-16(13,9(3)6-12)15-8(2)5-11/h7-9H,4-6H2,1-3H3/t7-,8+,9-,16?/m1/s1. The molecule has 0 bridgehead atoms. The highest BCUT2D eigenvalue weighted by atomic mass is 35.5. The molecule has 0 aliphatic carbocycles. The van der Waals surface area contributed by atoms with E-state index in [0.717, 1.165) is 0 Å². The van der Waals surface area contributed by atoms with Gasteiger partial charge in [-0.2, -0.15) is 0 Å². The Bertz CT molecular complexity index is 224. The first-order valence-electron chi connectivity index (χ1n) is 5.04. The van der Waals surface area contributed by atoms with Crippen LogP contribution in [0.1, 0.15) is 20.8 Å². The molecule has 0 fully saturated rings. The lowest BCUT2D eigenvalue weighted by Crippen LogP contribution is -2.21. The van der Waals surface area contributed by atoms with Crippen LogP contribution in [-0.4, -0.2) is 35.5 Å². The zero-order valence-electron chi connectivity index (χ0n) is 9.66. The van der Waals surface area contributed by atoms with Gasteiger partial charge in [0.1, 0.15) is 0 Å². The SMILES string of the molecule is C[C@H](CCl)OP(=O)(O[C@@H](C)CCl)[C@H](C)CCl. The van der Waals surface area contributed by atoms with Gasteiger partial charge < -0.3 is 9.05 Å². The summed E-state index contributed by atoms with van der Waals surface area (Å²) < 4.78 is 23.2. The van der Waals surface area contributed by atoms with Crippen molar-refractivity contribution in [1.29, 1.82) is 0 Å². The van der Waals surface area contributed by atoms with Gasteiger partial charge in [-0.3, -0.25) is 4.57 Å². The van der Waals surface area contributed by atoms with Gasteiger partial charge in [0, 0.05) is 17.6 Å². The summed E-state index contributed by atoms with van der Waals surface area (Å²) in [7, 11) is -3.26. The second-order valence-corrected chi connectivity index (χ2v) is 6.99. The van der Waals surface area contributed by atoms with Crippen molar-refractivity contribution in [2.24, 2.45) is 0 Å². The van der Waals surface area contributed by atoms with Crippen LogP contribution in [0.4, 0.5) is 0 Å². The largest absolute Gasteiger partial charge is 0.335 e. The summed E-state index contributed by atoms with van der Waals surface area (Å²) >= 11 is 16.9. The zero-order valence-corrected chi connectivity index (χ0v) is 12.8. The molecule has 1 unspecified atom stereocenters. The highest BCUT2D eigenvalue weighted by molar-refractivity contribution is 7.54. The molecule has 0 rings (SSSR count). The van der Waals surface area contributed by atoms with Crippen molar-refractivity contribution in [3.63, 3.8) is 0 Å². The predicted octanol–water partition coefficient (Wildman–Crippen LogP) is 4.09. The van der Waals surface area contributed by atoms with Gasteiger partial charge in [0.2, 0.25) is 0 Å². The van der Waals surface area contributed by atoms with Crippen molar-refractivity contribution < 1.29 is 13.6 Å². The van der Waals surface area contributed by atoms with Crippen molar-refractivity contribution in [2.75, 3.05) is 17.6 Å². The number of halogens is 3. The van der Waals surface area contributed by atoms with Gasteiger partial charge in [0.15, 0.2) is 0 Å². The molecular formula is C9H18Cl3O3P. The van der Waals surface area contributed by atoms with Crippen LogP contribution < -0.4 is 0 Å². The Morgan fingerprint density at radius 3 is 1.56 bits per heavy atom. The molecule has 3 nitrogen and oxygen atoms in total. The lowest BCUT2D eigenvalue weighted by molar-refractivity contribution is 0.141. The zero-order chi connectivity index (χ0) is 12.8. The van der Waals surface area contributed by atoms with Gasteiger partial charge in [-0.05, 0) is 20.8 Å². The van der Waals surface area contributed by atoms with E-state index in [9.17, 15) is 4.57 Å². The number of alkyl halides is 3. The Kier molecular flexibility index (Phi) is 8.70. The van der Waals surface area contributed by atoms with E-state index in [1.807, 2.05) is 0 Å². The minimum atomic E-state index is -3.26. The average molecular weight is 312 g/mol. The van der Waals surface area contributed by atoms with E-state index in [0.29, 0.717) is 0 Å². The first-order valence-corrected chi connectivity index (χ1v) is 8.25. The monoisotopic (exact) mass is 310 g/mol. The molecule has 0 aromatic heterocycles. The van der Waals surface area contributed by atoms with E-state index < -0.39 is 7.60 Å². The number of hydrogen-bond donors (Lipinski definition) is 0. The predicted molar refractivity (Wildman–Crippen MR) is 70.3 cm³/mol. The molecule has 0 aliphatic heterocycles. The third kappa shape index (κ3) is 5.57. The summed E-state index contributed by atoms with van der Waals surface area (Å²) in [5, 5.41) is 0. The van der Waals surface area contributed by atoms with Crippen molar-refractivity contribution in [3.8, 4) is 0 Å². The minimum Gasteiger partial charge on any atom is -0.304 e. The molecule has 0 spiro atoms. The van der Waals surface area contributed by atoms with E-state index in [2.05, 4.69) is 0 Å². The fourth-order valence-electron chi connectivity index (χ4n) is 0.875. The number of rotatable bonds is 8. The van der Waals surface area contributed by atoms with E-state index >= 15 is 0 Å². The first-order chi connectivity index (χ1) is 7.39. The van der Waals surface area contributed by atoms with Crippen LogP contribution in [0.25, 0.3) is 0 Å². The summed E-state index contributed by atoms with van der Waals surface area (Å²) in [6.07, 6.45) is -0.693. The van der Waals surface area contributed by atoms with E-state index in [4.69, 9.17) is 43.9 Å². The highest BCUT2D eigenvalue weighted by Gasteiger charge is 2.35. The second kappa shape index (κ2) is 8.18. The van der Waals surface area contributed by atoms with Gasteiger partial charge in [-0.25, -0.2) is 0 Å². The maximum atomic E-state index is 12.4. The highest BCUT2D eigenvalue weighted by Crippen LogP contribution is 2.55. The Balaban J connectivity index is 4.68. The Morgan fingerprint density at radius 1 is 0.938 bits per heavy atom. The van der Waals surface area contributed by atoms with Crippen LogP contribution in [0.2, 0.25) is 0 Å². The van der Waals surface area contributed by atoms with Crippen LogP contribution in [0, 0.1) is 0 Å². The van der Waals surface area contributed by atoms with Crippen LogP contribution in [0.3, 0.4) is 0 Å². The molecule has 0 heterocycles. The second-order valence-electron chi connectivity index (χ2n) is 3.68. The summed E-state index contributed by atoms with van der Waals surface area (Å²) in [6.45, 7) is 5.18. The average Bonchev–Trinajstić information content (AvgIpc) is 2.27. The van der Waals surface area contributed by atoms with Gasteiger partial charge in [0.05, 0.1) is 17.9 Å². The molecule has 4 atom stereocenters. The minimum absolute atomic E-state index is 0.196. The summed E-state index contributed by atoms with van der Waals surface area (Å²) in [6, 6.07) is 0. The normalized spacial score (nSPS) is 21.1. The maximum absolute atomic E-state index is 12.4. The molecule has 0 saturated carbocycles. The lowest BCUT2D eigenvalue weighted by Gasteiger charge is -2.27. The molecule has 0 N–H and O–H groups in total. The van der Waals surface area contributed by atoms with Crippen molar-refractivity contribution >= 4 is 42.4 Å². The lowest BCUT2D eigenvalue weighted by atomic mass is 10.5. The molecule has 98 valence electrons. The topological polar surface area (TPSA) is 35.5 Å². The quantitative estimate of drug-likeness (QED) is 0.500. The molecule has 0 saturated heterocycles. The molecule has 0 amide bonds. The summed E-state index contributed by atoms with van der Waals surface area (Å²) in [5.41, 5.74) is -0.384. The van der Waals surface area contributed by atoms with Gasteiger partial charge in [-0.1, -0.05) is 0 Å².